The lowest BCUT2D eigenvalue weighted by Gasteiger charge is -2.18. The van der Waals surface area contributed by atoms with Gasteiger partial charge in [0.2, 0.25) is 0 Å². The normalized spacial score (nSPS) is 11.7. The molecule has 2 N–H and O–H groups in total. The number of nitrogens with zero attached hydrogens (tertiary/aromatic N) is 1. The second-order valence-electron chi connectivity index (χ2n) is 4.40. The molecule has 2 aromatic rings. The number of aliphatic hydroxyl groups excluding tert-OH is 1. The number of nitro groups is 1. The van der Waals surface area contributed by atoms with Gasteiger partial charge in [-0.1, -0.05) is 36.4 Å². The van der Waals surface area contributed by atoms with E-state index in [1.54, 1.807) is 12.1 Å². The van der Waals surface area contributed by atoms with E-state index in [0.717, 1.165) is 5.56 Å². The highest BCUT2D eigenvalue weighted by atomic mass is 16.6. The third kappa shape index (κ3) is 3.29. The summed E-state index contributed by atoms with van der Waals surface area (Å²) in [5.74, 6) is 0.176. The molecule has 0 saturated heterocycles. The first-order chi connectivity index (χ1) is 10.2. The SMILES string of the molecule is COc1cccc(NC(CO)c2ccccc2)c1[N+](=O)[O-]. The summed E-state index contributed by atoms with van der Waals surface area (Å²) < 4.78 is 5.02. The predicted octanol–water partition coefficient (Wildman–Crippen LogP) is 2.75. The Balaban J connectivity index is 2.36. The molecule has 0 saturated carbocycles. The van der Waals surface area contributed by atoms with Crippen molar-refractivity contribution in [3.63, 3.8) is 0 Å². The number of hydrogen-bond donors (Lipinski definition) is 2. The van der Waals surface area contributed by atoms with Crippen molar-refractivity contribution >= 4 is 11.4 Å². The van der Waals surface area contributed by atoms with Crippen LogP contribution in [0.15, 0.2) is 48.5 Å². The highest BCUT2D eigenvalue weighted by Gasteiger charge is 2.22. The van der Waals surface area contributed by atoms with Crippen molar-refractivity contribution < 1.29 is 14.8 Å². The van der Waals surface area contributed by atoms with Crippen LogP contribution in [0.25, 0.3) is 0 Å². The summed E-state index contributed by atoms with van der Waals surface area (Å²) in [7, 11) is 1.38. The van der Waals surface area contributed by atoms with Gasteiger partial charge >= 0.3 is 5.69 Å². The molecule has 0 bridgehead atoms. The summed E-state index contributed by atoms with van der Waals surface area (Å²) in [5.41, 5.74) is 1.01. The zero-order valence-electron chi connectivity index (χ0n) is 11.5. The second-order valence-corrected chi connectivity index (χ2v) is 4.40. The number of nitro benzene ring substituents is 1. The van der Waals surface area contributed by atoms with Crippen LogP contribution in [0.3, 0.4) is 0 Å². The van der Waals surface area contributed by atoms with E-state index < -0.39 is 11.0 Å². The van der Waals surface area contributed by atoms with Gasteiger partial charge in [0.05, 0.1) is 24.7 Å². The molecule has 0 aromatic heterocycles. The first-order valence-corrected chi connectivity index (χ1v) is 6.41. The van der Waals surface area contributed by atoms with Gasteiger partial charge in [-0.3, -0.25) is 10.1 Å². The Morgan fingerprint density at radius 2 is 1.95 bits per heavy atom. The fourth-order valence-corrected chi connectivity index (χ4v) is 2.10. The quantitative estimate of drug-likeness (QED) is 0.630. The Morgan fingerprint density at radius 3 is 2.52 bits per heavy atom. The summed E-state index contributed by atoms with van der Waals surface area (Å²) >= 11 is 0. The molecule has 0 aliphatic heterocycles. The highest BCUT2D eigenvalue weighted by Crippen LogP contribution is 2.36. The zero-order chi connectivity index (χ0) is 15.2. The lowest BCUT2D eigenvalue weighted by Crippen LogP contribution is -2.15. The van der Waals surface area contributed by atoms with Crippen LogP contribution in [-0.2, 0) is 0 Å². The molecule has 6 nitrogen and oxygen atoms in total. The van der Waals surface area contributed by atoms with E-state index in [2.05, 4.69) is 5.32 Å². The maximum Gasteiger partial charge on any atom is 0.333 e. The first kappa shape index (κ1) is 14.8. The molecule has 21 heavy (non-hydrogen) atoms. The standard InChI is InChI=1S/C15H16N2O4/c1-21-14-9-5-8-12(15(14)17(19)20)16-13(10-18)11-6-3-2-4-7-11/h2-9,13,16,18H,10H2,1H3. The number of para-hydroxylation sites is 1. The highest BCUT2D eigenvalue weighted by molar-refractivity contribution is 5.69. The van der Waals surface area contributed by atoms with Gasteiger partial charge < -0.3 is 15.2 Å². The number of aliphatic hydroxyl groups is 1. The van der Waals surface area contributed by atoms with Crippen LogP contribution in [0, 0.1) is 10.1 Å². The molecular formula is C15H16N2O4. The number of rotatable bonds is 6. The number of nitrogens with one attached hydrogen (secondary N) is 1. The molecule has 110 valence electrons. The zero-order valence-corrected chi connectivity index (χ0v) is 11.5. The van der Waals surface area contributed by atoms with Gasteiger partial charge in [-0.2, -0.15) is 0 Å². The predicted molar refractivity (Wildman–Crippen MR) is 79.5 cm³/mol. The summed E-state index contributed by atoms with van der Waals surface area (Å²) in [6, 6.07) is 13.6. The Hall–Kier alpha value is -2.60. The van der Waals surface area contributed by atoms with E-state index in [0.29, 0.717) is 5.69 Å². The molecule has 2 aromatic carbocycles. The Labute approximate surface area is 122 Å². The number of ether oxygens (including phenoxy) is 1. The van der Waals surface area contributed by atoms with Crippen molar-refractivity contribution in [1.29, 1.82) is 0 Å². The molecule has 1 unspecified atom stereocenters. The van der Waals surface area contributed by atoms with Crippen LogP contribution >= 0.6 is 0 Å². The molecule has 1 atom stereocenters. The Kier molecular flexibility index (Phi) is 4.73. The minimum absolute atomic E-state index is 0.144. The summed E-state index contributed by atoms with van der Waals surface area (Å²) in [5, 5.41) is 23.8. The van der Waals surface area contributed by atoms with Crippen molar-refractivity contribution in [2.45, 2.75) is 6.04 Å². The fraction of sp³-hybridized carbons (Fsp3) is 0.200. The molecule has 0 fully saturated rings. The van der Waals surface area contributed by atoms with Crippen LogP contribution in [0.4, 0.5) is 11.4 Å². The third-order valence-corrected chi connectivity index (χ3v) is 3.12. The average molecular weight is 288 g/mol. The van der Waals surface area contributed by atoms with E-state index in [4.69, 9.17) is 4.74 Å². The van der Waals surface area contributed by atoms with Gasteiger partial charge in [-0.25, -0.2) is 0 Å². The minimum atomic E-state index is -0.499. The molecule has 0 heterocycles. The van der Waals surface area contributed by atoms with E-state index in [1.165, 1.54) is 13.2 Å². The first-order valence-electron chi connectivity index (χ1n) is 6.41. The van der Waals surface area contributed by atoms with Crippen LogP contribution in [0.5, 0.6) is 5.75 Å². The second kappa shape index (κ2) is 6.71. The van der Waals surface area contributed by atoms with E-state index in [9.17, 15) is 15.2 Å². The molecule has 0 aliphatic carbocycles. The van der Waals surface area contributed by atoms with Gasteiger partial charge in [0.15, 0.2) is 5.75 Å². The molecule has 0 spiro atoms. The maximum atomic E-state index is 11.2. The third-order valence-electron chi connectivity index (χ3n) is 3.12. The summed E-state index contributed by atoms with van der Waals surface area (Å²) in [6.07, 6.45) is 0. The summed E-state index contributed by atoms with van der Waals surface area (Å²) in [4.78, 5) is 10.7. The summed E-state index contributed by atoms with van der Waals surface area (Å²) in [6.45, 7) is -0.182. The van der Waals surface area contributed by atoms with Crippen LogP contribution in [0.1, 0.15) is 11.6 Å². The van der Waals surface area contributed by atoms with Gasteiger partial charge in [-0.05, 0) is 17.7 Å². The minimum Gasteiger partial charge on any atom is -0.490 e. The monoisotopic (exact) mass is 288 g/mol. The van der Waals surface area contributed by atoms with Crippen LogP contribution in [0.2, 0.25) is 0 Å². The Morgan fingerprint density at radius 1 is 1.24 bits per heavy atom. The van der Waals surface area contributed by atoms with Crippen LogP contribution < -0.4 is 10.1 Å². The number of benzene rings is 2. The van der Waals surface area contributed by atoms with E-state index in [-0.39, 0.29) is 18.0 Å². The van der Waals surface area contributed by atoms with Crippen LogP contribution in [-0.4, -0.2) is 23.7 Å². The smallest absolute Gasteiger partial charge is 0.333 e. The lowest BCUT2D eigenvalue weighted by molar-refractivity contribution is -0.384. The molecule has 0 radical (unpaired) electrons. The fourth-order valence-electron chi connectivity index (χ4n) is 2.10. The van der Waals surface area contributed by atoms with E-state index >= 15 is 0 Å². The van der Waals surface area contributed by atoms with Gasteiger partial charge in [-0.15, -0.1) is 0 Å². The van der Waals surface area contributed by atoms with Crippen molar-refractivity contribution in [2.75, 3.05) is 19.0 Å². The van der Waals surface area contributed by atoms with Crippen molar-refractivity contribution in [3.05, 3.63) is 64.2 Å². The molecular weight excluding hydrogens is 272 g/mol. The maximum absolute atomic E-state index is 11.2. The van der Waals surface area contributed by atoms with Crippen molar-refractivity contribution in [3.8, 4) is 5.75 Å². The molecule has 6 heteroatoms. The number of hydrogen-bond acceptors (Lipinski definition) is 5. The number of methoxy groups -OCH3 is 1. The van der Waals surface area contributed by atoms with Gasteiger partial charge in [0.25, 0.3) is 0 Å². The van der Waals surface area contributed by atoms with Gasteiger partial charge in [0, 0.05) is 0 Å². The van der Waals surface area contributed by atoms with Crippen molar-refractivity contribution in [2.24, 2.45) is 0 Å². The Bertz CT molecular complexity index is 616. The molecule has 2 rings (SSSR count). The number of anilines is 1. The molecule has 0 amide bonds. The van der Waals surface area contributed by atoms with Gasteiger partial charge in [0.1, 0.15) is 5.69 Å². The lowest BCUT2D eigenvalue weighted by atomic mass is 10.1. The molecule has 0 aliphatic rings. The van der Waals surface area contributed by atoms with Crippen molar-refractivity contribution in [1.82, 2.24) is 0 Å². The largest absolute Gasteiger partial charge is 0.490 e. The average Bonchev–Trinajstić information content (AvgIpc) is 2.52. The van der Waals surface area contributed by atoms with E-state index in [1.807, 2.05) is 30.3 Å². The topological polar surface area (TPSA) is 84.6 Å².